The van der Waals surface area contributed by atoms with Crippen LogP contribution in [0.2, 0.25) is 0 Å². The smallest absolute Gasteiger partial charge is 0.317 e. The number of likely N-dealkylation sites (tertiary alicyclic amines) is 1. The van der Waals surface area contributed by atoms with Crippen LogP contribution in [0.1, 0.15) is 39.0 Å². The van der Waals surface area contributed by atoms with Crippen LogP contribution in [0.25, 0.3) is 0 Å². The summed E-state index contributed by atoms with van der Waals surface area (Å²) in [6.07, 6.45) is 5.29. The van der Waals surface area contributed by atoms with Crippen LogP contribution in [0, 0.1) is 0 Å². The molecule has 2 atom stereocenters. The van der Waals surface area contributed by atoms with E-state index >= 15 is 0 Å². The Balaban J connectivity index is 1.48. The van der Waals surface area contributed by atoms with Gasteiger partial charge >= 0.3 is 6.03 Å². The number of amides is 2. The van der Waals surface area contributed by atoms with E-state index in [9.17, 15) is 4.79 Å². The lowest BCUT2D eigenvalue weighted by atomic mass is 10.1. The summed E-state index contributed by atoms with van der Waals surface area (Å²) >= 11 is 0. The van der Waals surface area contributed by atoms with Crippen molar-refractivity contribution in [3.8, 4) is 5.75 Å². The average molecular weight is 332 g/mol. The number of benzene rings is 1. The van der Waals surface area contributed by atoms with Crippen molar-refractivity contribution >= 4 is 6.03 Å². The maximum absolute atomic E-state index is 12.5. The zero-order chi connectivity index (χ0) is 16.8. The van der Waals surface area contributed by atoms with E-state index in [4.69, 9.17) is 9.47 Å². The molecule has 2 aliphatic rings. The van der Waals surface area contributed by atoms with Crippen molar-refractivity contribution in [1.29, 1.82) is 0 Å². The van der Waals surface area contributed by atoms with Gasteiger partial charge in [-0.1, -0.05) is 18.2 Å². The van der Waals surface area contributed by atoms with Crippen molar-refractivity contribution in [2.24, 2.45) is 0 Å². The summed E-state index contributed by atoms with van der Waals surface area (Å²) in [7, 11) is 0. The quantitative estimate of drug-likeness (QED) is 0.901. The first-order chi connectivity index (χ1) is 11.8. The topological polar surface area (TPSA) is 50.8 Å². The molecule has 24 heavy (non-hydrogen) atoms. The molecule has 3 rings (SSSR count). The fourth-order valence-corrected chi connectivity index (χ4v) is 3.62. The summed E-state index contributed by atoms with van der Waals surface area (Å²) in [5.41, 5.74) is 0. The number of rotatable bonds is 5. The van der Waals surface area contributed by atoms with Crippen LogP contribution in [0.15, 0.2) is 30.3 Å². The average Bonchev–Trinajstić information content (AvgIpc) is 3.03. The second kappa shape index (κ2) is 8.38. The molecule has 1 aliphatic carbocycles. The number of hydrogen-bond acceptors (Lipinski definition) is 3. The maximum atomic E-state index is 12.5. The van der Waals surface area contributed by atoms with E-state index in [1.807, 2.05) is 42.2 Å². The number of hydrogen-bond donors (Lipinski definition) is 1. The van der Waals surface area contributed by atoms with Gasteiger partial charge in [-0.2, -0.15) is 0 Å². The van der Waals surface area contributed by atoms with E-state index in [0.29, 0.717) is 6.10 Å². The van der Waals surface area contributed by atoms with Crippen LogP contribution in [0.3, 0.4) is 0 Å². The molecule has 1 aromatic carbocycles. The molecule has 2 fully saturated rings. The molecular formula is C19H28N2O3. The Morgan fingerprint density at radius 2 is 1.92 bits per heavy atom. The monoisotopic (exact) mass is 332 g/mol. The Kier molecular flexibility index (Phi) is 5.96. The van der Waals surface area contributed by atoms with Crippen LogP contribution in [-0.4, -0.2) is 48.9 Å². The van der Waals surface area contributed by atoms with Gasteiger partial charge in [0.1, 0.15) is 11.9 Å². The van der Waals surface area contributed by atoms with E-state index < -0.39 is 0 Å². The SMILES string of the molecule is CCOC1CCN(C(=O)N[C@@H]2CCC[C@@H]2Oc2ccccc2)CC1. The minimum absolute atomic E-state index is 0.0403. The lowest BCUT2D eigenvalue weighted by Crippen LogP contribution is -2.51. The van der Waals surface area contributed by atoms with Crippen LogP contribution >= 0.6 is 0 Å². The third-order valence-corrected chi connectivity index (χ3v) is 4.92. The standard InChI is InChI=1S/C19H28N2O3/c1-2-23-15-11-13-21(14-12-15)19(22)20-17-9-6-10-18(17)24-16-7-4-3-5-8-16/h3-5,7-8,15,17-18H,2,6,9-14H2,1H3,(H,20,22)/t17-,18+/m1/s1. The van der Waals surface area contributed by atoms with E-state index in [1.165, 1.54) is 0 Å². The number of carbonyl (C=O) groups excluding carboxylic acids is 1. The Morgan fingerprint density at radius 1 is 1.17 bits per heavy atom. The largest absolute Gasteiger partial charge is 0.488 e. The van der Waals surface area contributed by atoms with Gasteiger partial charge in [-0.25, -0.2) is 4.79 Å². The highest BCUT2D eigenvalue weighted by molar-refractivity contribution is 5.74. The van der Waals surface area contributed by atoms with Gasteiger partial charge in [0.2, 0.25) is 0 Å². The number of ether oxygens (including phenoxy) is 2. The predicted molar refractivity (Wildman–Crippen MR) is 93.2 cm³/mol. The summed E-state index contributed by atoms with van der Waals surface area (Å²) in [5.74, 6) is 0.876. The molecule has 5 heteroatoms. The highest BCUT2D eigenvalue weighted by Crippen LogP contribution is 2.25. The highest BCUT2D eigenvalue weighted by Gasteiger charge is 2.32. The van der Waals surface area contributed by atoms with Crippen LogP contribution in [0.5, 0.6) is 5.75 Å². The number of para-hydroxylation sites is 1. The molecule has 0 radical (unpaired) electrons. The second-order valence-corrected chi connectivity index (χ2v) is 6.60. The summed E-state index contributed by atoms with van der Waals surface area (Å²) in [6.45, 7) is 4.31. The highest BCUT2D eigenvalue weighted by atomic mass is 16.5. The minimum atomic E-state index is 0.0403. The summed E-state index contributed by atoms with van der Waals surface area (Å²) in [6, 6.07) is 10.00. The molecule has 0 aromatic heterocycles. The molecule has 132 valence electrons. The first-order valence-corrected chi connectivity index (χ1v) is 9.15. The molecular weight excluding hydrogens is 304 g/mol. The number of urea groups is 1. The molecule has 0 spiro atoms. The van der Waals surface area contributed by atoms with Gasteiger partial charge < -0.3 is 19.7 Å². The predicted octanol–water partition coefficient (Wildman–Crippen LogP) is 3.20. The molecule has 2 amide bonds. The molecule has 5 nitrogen and oxygen atoms in total. The van der Waals surface area contributed by atoms with Gasteiger partial charge in [-0.3, -0.25) is 0 Å². The lowest BCUT2D eigenvalue weighted by Gasteiger charge is -2.33. The zero-order valence-corrected chi connectivity index (χ0v) is 14.4. The Labute approximate surface area is 144 Å². The minimum Gasteiger partial charge on any atom is -0.488 e. The van der Waals surface area contributed by atoms with E-state index in [-0.39, 0.29) is 18.2 Å². The number of carbonyl (C=O) groups is 1. The lowest BCUT2D eigenvalue weighted by molar-refractivity contribution is 0.0214. The van der Waals surface area contributed by atoms with Gasteiger partial charge in [-0.15, -0.1) is 0 Å². The van der Waals surface area contributed by atoms with Gasteiger partial charge in [0, 0.05) is 19.7 Å². The van der Waals surface area contributed by atoms with Crippen molar-refractivity contribution in [2.45, 2.75) is 57.3 Å². The van der Waals surface area contributed by atoms with Gasteiger partial charge in [0.25, 0.3) is 0 Å². The van der Waals surface area contributed by atoms with E-state index in [1.54, 1.807) is 0 Å². The second-order valence-electron chi connectivity index (χ2n) is 6.60. The fraction of sp³-hybridized carbons (Fsp3) is 0.632. The Bertz CT molecular complexity index is 515. The van der Waals surface area contributed by atoms with Crippen molar-refractivity contribution in [3.63, 3.8) is 0 Å². The molecule has 1 saturated heterocycles. The van der Waals surface area contributed by atoms with E-state index in [2.05, 4.69) is 5.32 Å². The fourth-order valence-electron chi connectivity index (χ4n) is 3.62. The molecule has 1 N–H and O–H groups in total. The molecule has 0 bridgehead atoms. The summed E-state index contributed by atoms with van der Waals surface area (Å²) in [4.78, 5) is 14.4. The Hall–Kier alpha value is -1.75. The van der Waals surface area contributed by atoms with Gasteiger partial charge in [0.15, 0.2) is 0 Å². The van der Waals surface area contributed by atoms with Crippen LogP contribution in [0.4, 0.5) is 4.79 Å². The maximum Gasteiger partial charge on any atom is 0.317 e. The molecule has 1 aliphatic heterocycles. The van der Waals surface area contributed by atoms with Crippen LogP contribution < -0.4 is 10.1 Å². The zero-order valence-electron chi connectivity index (χ0n) is 14.4. The molecule has 1 saturated carbocycles. The van der Waals surface area contributed by atoms with Crippen molar-refractivity contribution in [1.82, 2.24) is 10.2 Å². The van der Waals surface area contributed by atoms with Gasteiger partial charge in [-0.05, 0) is 51.2 Å². The Morgan fingerprint density at radius 3 is 2.62 bits per heavy atom. The van der Waals surface area contributed by atoms with Crippen LogP contribution in [-0.2, 0) is 4.74 Å². The number of nitrogens with one attached hydrogen (secondary N) is 1. The van der Waals surface area contributed by atoms with Gasteiger partial charge in [0.05, 0.1) is 12.1 Å². The van der Waals surface area contributed by atoms with Crippen molar-refractivity contribution in [2.75, 3.05) is 19.7 Å². The summed E-state index contributed by atoms with van der Waals surface area (Å²) in [5, 5.41) is 3.19. The number of nitrogens with zero attached hydrogens (tertiary/aromatic N) is 1. The summed E-state index contributed by atoms with van der Waals surface area (Å²) < 4.78 is 11.7. The normalized spacial score (nSPS) is 24.8. The first kappa shape index (κ1) is 17.1. The molecule has 1 heterocycles. The first-order valence-electron chi connectivity index (χ1n) is 9.15. The molecule has 0 unspecified atom stereocenters. The van der Waals surface area contributed by atoms with Crippen molar-refractivity contribution < 1.29 is 14.3 Å². The number of piperidine rings is 1. The third-order valence-electron chi connectivity index (χ3n) is 4.92. The molecule has 1 aromatic rings. The van der Waals surface area contributed by atoms with E-state index in [0.717, 1.165) is 57.6 Å². The third kappa shape index (κ3) is 4.41. The van der Waals surface area contributed by atoms with Crippen molar-refractivity contribution in [3.05, 3.63) is 30.3 Å².